The van der Waals surface area contributed by atoms with Crippen LogP contribution in [0, 0.1) is 5.92 Å². The van der Waals surface area contributed by atoms with Crippen LogP contribution in [0.15, 0.2) is 58.3 Å². The van der Waals surface area contributed by atoms with Gasteiger partial charge in [-0.1, -0.05) is 30.3 Å². The summed E-state index contributed by atoms with van der Waals surface area (Å²) in [7, 11) is 1.58. The van der Waals surface area contributed by atoms with E-state index in [4.69, 9.17) is 10.5 Å². The number of alkyl halides is 3. The molecule has 5 rings (SSSR count). The summed E-state index contributed by atoms with van der Waals surface area (Å²) in [4.78, 5) is 29.6. The second kappa shape index (κ2) is 8.38. The van der Waals surface area contributed by atoms with Crippen molar-refractivity contribution < 1.29 is 17.9 Å². The number of aromatic nitrogens is 5. The number of benzene rings is 1. The first-order chi connectivity index (χ1) is 16.6. The molecule has 2 atom stereocenters. The van der Waals surface area contributed by atoms with Gasteiger partial charge in [-0.05, 0) is 12.5 Å². The van der Waals surface area contributed by atoms with Crippen molar-refractivity contribution in [1.29, 1.82) is 0 Å². The van der Waals surface area contributed by atoms with E-state index in [-0.39, 0.29) is 30.2 Å². The van der Waals surface area contributed by atoms with E-state index < -0.39 is 30.4 Å². The van der Waals surface area contributed by atoms with Gasteiger partial charge in [0, 0.05) is 37.0 Å². The van der Waals surface area contributed by atoms with Crippen molar-refractivity contribution in [1.82, 2.24) is 23.7 Å². The van der Waals surface area contributed by atoms with Gasteiger partial charge in [0.05, 0.1) is 29.8 Å². The molecular weight excluding hydrogens is 465 g/mol. The Balaban J connectivity index is 1.74. The van der Waals surface area contributed by atoms with Gasteiger partial charge < -0.3 is 15.0 Å². The molecule has 0 spiro atoms. The molecule has 0 radical (unpaired) electrons. The van der Waals surface area contributed by atoms with Crippen molar-refractivity contribution in [2.75, 3.05) is 12.3 Å². The predicted molar refractivity (Wildman–Crippen MR) is 122 cm³/mol. The van der Waals surface area contributed by atoms with Crippen LogP contribution in [-0.2, 0) is 18.3 Å². The van der Waals surface area contributed by atoms with Crippen molar-refractivity contribution in [3.63, 3.8) is 0 Å². The van der Waals surface area contributed by atoms with Crippen LogP contribution in [0.1, 0.15) is 6.42 Å². The number of hydrogen-bond acceptors (Lipinski definition) is 6. The number of hydrogen-bond donors (Lipinski definition) is 1. The summed E-state index contributed by atoms with van der Waals surface area (Å²) in [5, 5.41) is 4.38. The highest BCUT2D eigenvalue weighted by Crippen LogP contribution is 2.38. The number of nitrogens with two attached hydrogens (primary N) is 1. The summed E-state index contributed by atoms with van der Waals surface area (Å²) in [6, 6.07) is 12.0. The maximum absolute atomic E-state index is 13.4. The molecule has 182 valence electrons. The molecule has 1 aliphatic rings. The van der Waals surface area contributed by atoms with E-state index >= 15 is 0 Å². The van der Waals surface area contributed by atoms with Gasteiger partial charge >= 0.3 is 11.9 Å². The molecule has 1 aliphatic heterocycles. The molecule has 2 N–H and O–H groups in total. The fraction of sp³-hybridized carbons (Fsp3) is 0.304. The van der Waals surface area contributed by atoms with Crippen LogP contribution in [0.5, 0.6) is 0 Å². The van der Waals surface area contributed by atoms with E-state index in [0.717, 1.165) is 9.08 Å². The van der Waals surface area contributed by atoms with Gasteiger partial charge in [-0.2, -0.15) is 13.2 Å². The number of halogens is 3. The van der Waals surface area contributed by atoms with Crippen LogP contribution in [0.25, 0.3) is 28.0 Å². The number of rotatable bonds is 4. The monoisotopic (exact) mass is 486 g/mol. The molecule has 0 bridgehead atoms. The number of anilines is 1. The molecule has 1 fully saturated rings. The molecular formula is C23H21F3N6O3. The zero-order valence-electron chi connectivity index (χ0n) is 18.6. The summed E-state index contributed by atoms with van der Waals surface area (Å²) in [5.74, 6) is -1.86. The van der Waals surface area contributed by atoms with E-state index in [0.29, 0.717) is 22.4 Å². The van der Waals surface area contributed by atoms with Gasteiger partial charge in [-0.3, -0.25) is 4.79 Å². The molecule has 4 heterocycles. The lowest BCUT2D eigenvalue weighted by Crippen LogP contribution is -2.36. The number of nitrogens with zero attached hydrogens (tertiary/aromatic N) is 5. The fourth-order valence-corrected chi connectivity index (χ4v) is 4.41. The van der Waals surface area contributed by atoms with E-state index in [1.54, 1.807) is 43.6 Å². The molecule has 0 aliphatic carbocycles. The molecule has 0 amide bonds. The molecule has 35 heavy (non-hydrogen) atoms. The van der Waals surface area contributed by atoms with Gasteiger partial charge in [0.2, 0.25) is 11.5 Å². The van der Waals surface area contributed by atoms with Crippen LogP contribution in [0.4, 0.5) is 19.1 Å². The smallest absolute Gasteiger partial charge is 0.376 e. The maximum Gasteiger partial charge on any atom is 0.394 e. The number of ether oxygens (including phenoxy) is 1. The van der Waals surface area contributed by atoms with Crippen molar-refractivity contribution in [2.45, 2.75) is 25.2 Å². The van der Waals surface area contributed by atoms with Gasteiger partial charge in [0.15, 0.2) is 5.65 Å². The topological polar surface area (TPSA) is 109 Å². The van der Waals surface area contributed by atoms with E-state index in [9.17, 15) is 22.8 Å². The lowest BCUT2D eigenvalue weighted by atomic mass is 10.0. The van der Waals surface area contributed by atoms with Crippen LogP contribution < -0.4 is 17.0 Å². The van der Waals surface area contributed by atoms with Gasteiger partial charge in [-0.25, -0.2) is 18.9 Å². The van der Waals surface area contributed by atoms with Gasteiger partial charge in [0.25, 0.3) is 0 Å². The summed E-state index contributed by atoms with van der Waals surface area (Å²) in [5.41, 5.74) is 7.33. The third-order valence-corrected chi connectivity index (χ3v) is 6.16. The number of nitrogen functional groups attached to an aromatic ring is 1. The summed E-state index contributed by atoms with van der Waals surface area (Å²) in [6.45, 7) is -0.445. The SMILES string of the molecule is Cn1cc(-c2c(-c3ccccc3)nc(N)n3c(=O)n(C[C@@H]4OCCC4C(F)(F)F)nc23)ccc1=O. The predicted octanol–water partition coefficient (Wildman–Crippen LogP) is 2.47. The quantitative estimate of drug-likeness (QED) is 0.475. The molecule has 9 nitrogen and oxygen atoms in total. The Labute approximate surface area is 196 Å². The van der Waals surface area contributed by atoms with Gasteiger partial charge in [0.1, 0.15) is 0 Å². The zero-order valence-corrected chi connectivity index (χ0v) is 18.6. The molecule has 0 saturated carbocycles. The fourth-order valence-electron chi connectivity index (χ4n) is 4.41. The van der Waals surface area contributed by atoms with Crippen LogP contribution >= 0.6 is 0 Å². The lowest BCUT2D eigenvalue weighted by molar-refractivity contribution is -0.187. The van der Waals surface area contributed by atoms with Crippen LogP contribution in [-0.4, -0.2) is 42.6 Å². The highest BCUT2D eigenvalue weighted by molar-refractivity contribution is 5.90. The Hall–Kier alpha value is -3.93. The minimum atomic E-state index is -4.45. The zero-order chi connectivity index (χ0) is 24.9. The normalized spacial score (nSPS) is 18.4. The second-order valence-corrected chi connectivity index (χ2v) is 8.40. The molecule has 1 aromatic carbocycles. The largest absolute Gasteiger partial charge is 0.394 e. The van der Waals surface area contributed by atoms with Crippen LogP contribution in [0.2, 0.25) is 0 Å². The Morgan fingerprint density at radius 1 is 1.11 bits per heavy atom. The standard InChI is InChI=1S/C23H21F3N6O3/c1-30-11-14(7-8-17(30)33)18-19(13-5-3-2-4-6-13)28-21(27)32-20(18)29-31(22(32)34)12-16-15(9-10-35-16)23(24,25)26/h2-8,11,15-16H,9-10,12H2,1H3,(H2,27,28)/t15?,16-/m0/s1. The Kier molecular flexibility index (Phi) is 5.47. The first-order valence-electron chi connectivity index (χ1n) is 10.8. The van der Waals surface area contributed by atoms with E-state index in [1.807, 2.05) is 6.07 Å². The highest BCUT2D eigenvalue weighted by Gasteiger charge is 2.48. The van der Waals surface area contributed by atoms with E-state index in [2.05, 4.69) is 10.1 Å². The average Bonchev–Trinajstić information content (AvgIpc) is 3.42. The molecule has 4 aromatic rings. The molecule has 12 heteroatoms. The minimum Gasteiger partial charge on any atom is -0.376 e. The van der Waals surface area contributed by atoms with Crippen molar-refractivity contribution in [2.24, 2.45) is 13.0 Å². The Morgan fingerprint density at radius 2 is 1.86 bits per heavy atom. The number of aryl methyl sites for hydroxylation is 1. The van der Waals surface area contributed by atoms with Crippen molar-refractivity contribution in [3.8, 4) is 22.4 Å². The summed E-state index contributed by atoms with van der Waals surface area (Å²) >= 11 is 0. The van der Waals surface area contributed by atoms with Crippen molar-refractivity contribution in [3.05, 3.63) is 69.5 Å². The molecule has 3 aromatic heterocycles. The van der Waals surface area contributed by atoms with Gasteiger partial charge in [-0.15, -0.1) is 5.10 Å². The summed E-state index contributed by atoms with van der Waals surface area (Å²) in [6.07, 6.45) is -4.31. The third-order valence-electron chi connectivity index (χ3n) is 6.16. The van der Waals surface area contributed by atoms with Crippen LogP contribution in [0.3, 0.4) is 0 Å². The van der Waals surface area contributed by atoms with Crippen molar-refractivity contribution >= 4 is 11.6 Å². The first kappa shape index (κ1) is 22.8. The number of fused-ring (bicyclic) bond motifs is 1. The maximum atomic E-state index is 13.4. The molecule has 1 unspecified atom stereocenters. The Bertz CT molecular complexity index is 1520. The minimum absolute atomic E-state index is 0.0535. The average molecular weight is 486 g/mol. The third kappa shape index (κ3) is 3.99. The number of pyridine rings is 1. The lowest BCUT2D eigenvalue weighted by Gasteiger charge is -2.20. The molecule has 1 saturated heterocycles. The van der Waals surface area contributed by atoms with E-state index in [1.165, 1.54) is 10.6 Å². The summed E-state index contributed by atoms with van der Waals surface area (Å²) < 4.78 is 48.9. The second-order valence-electron chi connectivity index (χ2n) is 8.40. The first-order valence-corrected chi connectivity index (χ1v) is 10.8. The highest BCUT2D eigenvalue weighted by atomic mass is 19.4. The Morgan fingerprint density at radius 3 is 2.54 bits per heavy atom.